The van der Waals surface area contributed by atoms with Crippen LogP contribution in [0.2, 0.25) is 0 Å². The first kappa shape index (κ1) is 24.9. The van der Waals surface area contributed by atoms with Gasteiger partial charge in [-0.15, -0.1) is 0 Å². The van der Waals surface area contributed by atoms with Crippen molar-refractivity contribution in [3.8, 4) is 16.9 Å². The van der Waals surface area contributed by atoms with Gasteiger partial charge < -0.3 is 41.0 Å². The molecule has 194 valence electrons. The molecule has 4 aromatic rings. The Morgan fingerprint density at radius 3 is 2.57 bits per heavy atom. The fraction of sp³-hybridized carbons (Fsp3) is 0.320. The molecule has 1 aliphatic rings. The molecule has 1 fully saturated rings. The Morgan fingerprint density at radius 1 is 1.03 bits per heavy atom. The van der Waals surface area contributed by atoms with E-state index in [2.05, 4.69) is 20.3 Å². The molecule has 0 radical (unpaired) electrons. The van der Waals surface area contributed by atoms with Crippen LogP contribution in [0.15, 0.2) is 54.9 Å². The Labute approximate surface area is 212 Å². The van der Waals surface area contributed by atoms with E-state index in [0.29, 0.717) is 16.9 Å². The van der Waals surface area contributed by atoms with Crippen LogP contribution in [0, 0.1) is 0 Å². The number of nitrogens with two attached hydrogens (primary N) is 1. The van der Waals surface area contributed by atoms with Crippen LogP contribution in [-0.2, 0) is 11.3 Å². The number of rotatable bonds is 9. The number of ether oxygens (including phenoxy) is 2. The van der Waals surface area contributed by atoms with E-state index in [0.717, 1.165) is 16.7 Å². The summed E-state index contributed by atoms with van der Waals surface area (Å²) >= 11 is 0. The monoisotopic (exact) mass is 508 g/mol. The number of hydrogen-bond acceptors (Lipinski definition) is 11. The maximum Gasteiger partial charge on any atom is 0.207 e. The second-order valence-corrected chi connectivity index (χ2v) is 8.58. The number of nitrogens with one attached hydrogen (secondary N) is 1. The Balaban J connectivity index is 1.49. The van der Waals surface area contributed by atoms with Gasteiger partial charge in [-0.1, -0.05) is 42.5 Å². The summed E-state index contributed by atoms with van der Waals surface area (Å²) in [4.78, 5) is 12.8. The Morgan fingerprint density at radius 2 is 1.84 bits per heavy atom. The minimum atomic E-state index is -1.35. The summed E-state index contributed by atoms with van der Waals surface area (Å²) in [5.41, 5.74) is 9.37. The lowest BCUT2D eigenvalue weighted by Gasteiger charge is -2.20. The molecule has 1 aliphatic heterocycles. The smallest absolute Gasteiger partial charge is 0.207 e. The summed E-state index contributed by atoms with van der Waals surface area (Å²) < 4.78 is 13.1. The first-order valence-electron chi connectivity index (χ1n) is 11.8. The molecule has 2 aromatic carbocycles. The van der Waals surface area contributed by atoms with Crippen molar-refractivity contribution in [1.82, 2.24) is 19.5 Å². The van der Waals surface area contributed by atoms with Gasteiger partial charge in [0, 0.05) is 12.1 Å². The highest BCUT2D eigenvalue weighted by molar-refractivity contribution is 5.84. The topological polar surface area (TPSA) is 181 Å². The van der Waals surface area contributed by atoms with Crippen molar-refractivity contribution in [3.63, 3.8) is 0 Å². The van der Waals surface area contributed by atoms with Gasteiger partial charge in [-0.2, -0.15) is 0 Å². The number of imidazole rings is 1. The number of aromatic nitrogens is 4. The van der Waals surface area contributed by atoms with Crippen LogP contribution in [-0.4, -0.2) is 78.1 Å². The lowest BCUT2D eigenvalue weighted by molar-refractivity contribution is -0.0501. The summed E-state index contributed by atoms with van der Waals surface area (Å²) in [5, 5.41) is 43.0. The third kappa shape index (κ3) is 4.80. The molecular formula is C25H28N6O6. The number of nitrogens with zero attached hydrogens (tertiary/aromatic N) is 4. The molecule has 7 N–H and O–H groups in total. The minimum absolute atomic E-state index is 0.123. The predicted octanol–water partition coefficient (Wildman–Crippen LogP) is 0.670. The van der Waals surface area contributed by atoms with Crippen molar-refractivity contribution in [3.05, 3.63) is 60.4 Å². The number of fused-ring (bicyclic) bond motifs is 1. The summed E-state index contributed by atoms with van der Waals surface area (Å²) in [5.74, 6) is 0.979. The largest absolute Gasteiger partial charge is 0.491 e. The van der Waals surface area contributed by atoms with Crippen LogP contribution in [0.5, 0.6) is 5.75 Å². The van der Waals surface area contributed by atoms with Gasteiger partial charge in [-0.25, -0.2) is 15.0 Å². The van der Waals surface area contributed by atoms with Crippen molar-refractivity contribution in [2.45, 2.75) is 31.1 Å². The number of nitrogen functional groups attached to an aromatic ring is 1. The molecule has 0 saturated carbocycles. The average molecular weight is 509 g/mol. The molecule has 1 saturated heterocycles. The molecular weight excluding hydrogens is 480 g/mol. The minimum Gasteiger partial charge on any atom is -0.491 e. The van der Waals surface area contributed by atoms with Crippen molar-refractivity contribution < 1.29 is 29.9 Å². The lowest BCUT2D eigenvalue weighted by atomic mass is 10.0. The van der Waals surface area contributed by atoms with Crippen molar-refractivity contribution >= 4 is 22.9 Å². The third-order valence-corrected chi connectivity index (χ3v) is 6.24. The second-order valence-electron chi connectivity index (χ2n) is 8.58. The fourth-order valence-corrected chi connectivity index (χ4v) is 4.36. The molecule has 2 aromatic heterocycles. The molecule has 0 bridgehead atoms. The highest BCUT2D eigenvalue weighted by Gasteiger charge is 2.45. The van der Waals surface area contributed by atoms with Gasteiger partial charge in [0.05, 0.1) is 13.2 Å². The van der Waals surface area contributed by atoms with E-state index in [9.17, 15) is 20.4 Å². The van der Waals surface area contributed by atoms with E-state index in [4.69, 9.17) is 15.2 Å². The van der Waals surface area contributed by atoms with Gasteiger partial charge in [0.2, 0.25) is 5.95 Å². The fourth-order valence-electron chi connectivity index (χ4n) is 4.36. The van der Waals surface area contributed by atoms with Crippen LogP contribution >= 0.6 is 0 Å². The number of benzene rings is 2. The average Bonchev–Trinajstić information content (AvgIpc) is 3.44. The van der Waals surface area contributed by atoms with E-state index in [1.54, 1.807) is 0 Å². The van der Waals surface area contributed by atoms with Crippen LogP contribution in [0.3, 0.4) is 0 Å². The predicted molar refractivity (Wildman–Crippen MR) is 135 cm³/mol. The van der Waals surface area contributed by atoms with E-state index in [1.807, 2.05) is 48.5 Å². The molecule has 3 heterocycles. The molecule has 4 atom stereocenters. The van der Waals surface area contributed by atoms with E-state index in [1.165, 1.54) is 10.9 Å². The quantitative estimate of drug-likeness (QED) is 0.187. The summed E-state index contributed by atoms with van der Waals surface area (Å²) in [6.45, 7) is -0.234. The first-order chi connectivity index (χ1) is 18.0. The van der Waals surface area contributed by atoms with E-state index in [-0.39, 0.29) is 31.5 Å². The Kier molecular flexibility index (Phi) is 7.17. The summed E-state index contributed by atoms with van der Waals surface area (Å²) in [6.07, 6.45) is -3.44. The van der Waals surface area contributed by atoms with Crippen molar-refractivity contribution in [2.24, 2.45) is 0 Å². The lowest BCUT2D eigenvalue weighted by Crippen LogP contribution is -2.33. The van der Waals surface area contributed by atoms with Gasteiger partial charge in [0.15, 0.2) is 23.2 Å². The number of anilines is 2. The summed E-state index contributed by atoms with van der Waals surface area (Å²) in [6, 6.07) is 15.6. The van der Waals surface area contributed by atoms with Crippen molar-refractivity contribution in [1.29, 1.82) is 0 Å². The van der Waals surface area contributed by atoms with Gasteiger partial charge in [-0.05, 0) is 17.2 Å². The molecule has 37 heavy (non-hydrogen) atoms. The molecule has 0 unspecified atom stereocenters. The third-order valence-electron chi connectivity index (χ3n) is 6.24. The van der Waals surface area contributed by atoms with Gasteiger partial charge in [0.1, 0.15) is 37.0 Å². The molecule has 5 rings (SSSR count). The van der Waals surface area contributed by atoms with Crippen LogP contribution in [0.4, 0.5) is 11.8 Å². The number of aliphatic hydroxyl groups excluding tert-OH is 4. The highest BCUT2D eigenvalue weighted by Crippen LogP contribution is 2.35. The standard InChI is InChI=1S/C25H28N6O6/c26-22-19-23(29-13-28-22)31(24-21(35)20(34)18(12-33)37-24)25(30-19)27-11-16-7-6-15(10-17(16)36-9-8-32)14-4-2-1-3-5-14/h1-7,10,13,18,20-21,24,32-35H,8-9,11-12H2,(H,27,30)(H2,26,28,29)/t18-,20-,21-,24-/m1/s1. The molecule has 0 aliphatic carbocycles. The van der Waals surface area contributed by atoms with Gasteiger partial charge in [0.25, 0.3) is 0 Å². The normalized spacial score (nSPS) is 21.4. The zero-order chi connectivity index (χ0) is 25.9. The zero-order valence-electron chi connectivity index (χ0n) is 19.8. The van der Waals surface area contributed by atoms with Crippen LogP contribution in [0.25, 0.3) is 22.3 Å². The van der Waals surface area contributed by atoms with Gasteiger partial charge >= 0.3 is 0 Å². The van der Waals surface area contributed by atoms with Gasteiger partial charge in [-0.3, -0.25) is 4.57 Å². The molecule has 12 nitrogen and oxygen atoms in total. The highest BCUT2D eigenvalue weighted by atomic mass is 16.6. The zero-order valence-corrected chi connectivity index (χ0v) is 19.8. The molecule has 0 amide bonds. The number of aliphatic hydroxyl groups is 4. The summed E-state index contributed by atoms with van der Waals surface area (Å²) in [7, 11) is 0. The maximum atomic E-state index is 10.7. The van der Waals surface area contributed by atoms with Crippen LogP contribution < -0.4 is 15.8 Å². The SMILES string of the molecule is Nc1ncnc2c1nc(NCc1ccc(-c3ccccc3)cc1OCCO)n2[C@@H]1O[C@H](CO)[C@@H](O)[C@H]1O. The molecule has 0 spiro atoms. The van der Waals surface area contributed by atoms with Crippen molar-refractivity contribution in [2.75, 3.05) is 30.9 Å². The number of hydrogen-bond donors (Lipinski definition) is 6. The van der Waals surface area contributed by atoms with E-state index < -0.39 is 31.1 Å². The van der Waals surface area contributed by atoms with Crippen LogP contribution in [0.1, 0.15) is 11.8 Å². The second kappa shape index (κ2) is 10.7. The molecule has 12 heteroatoms. The first-order valence-corrected chi connectivity index (χ1v) is 11.8. The maximum absolute atomic E-state index is 10.7. The van der Waals surface area contributed by atoms with E-state index >= 15 is 0 Å². The Hall–Kier alpha value is -3.81. The Bertz CT molecular complexity index is 1370.